The third-order valence-corrected chi connectivity index (χ3v) is 8.76. The average molecular weight is 354 g/mol. The Morgan fingerprint density at radius 1 is 1.25 bits per heavy atom. The molecule has 0 aliphatic heterocycles. The van der Waals surface area contributed by atoms with E-state index in [0.29, 0.717) is 13.0 Å². The molecule has 0 saturated heterocycles. The fourth-order valence-electron chi connectivity index (χ4n) is 1.93. The zero-order valence-electron chi connectivity index (χ0n) is 15.7. The first kappa shape index (κ1) is 20.5. The summed E-state index contributed by atoms with van der Waals surface area (Å²) in [5.74, 6) is 0.865. The number of nitrogens with one attached hydrogen (secondary N) is 1. The van der Waals surface area contributed by atoms with Crippen molar-refractivity contribution in [2.45, 2.75) is 58.3 Å². The summed E-state index contributed by atoms with van der Waals surface area (Å²) in [5.41, 5.74) is 1.02. The van der Waals surface area contributed by atoms with Gasteiger partial charge in [-0.3, -0.25) is 0 Å². The molecule has 0 unspecified atom stereocenters. The molecule has 0 aliphatic carbocycles. The summed E-state index contributed by atoms with van der Waals surface area (Å²) < 4.78 is 11.1. The van der Waals surface area contributed by atoms with Crippen LogP contribution in [0.2, 0.25) is 18.1 Å². The molecule has 1 aromatic rings. The van der Waals surface area contributed by atoms with E-state index in [4.69, 9.17) is 9.16 Å². The van der Waals surface area contributed by atoms with Gasteiger partial charge in [-0.2, -0.15) is 0 Å². The summed E-state index contributed by atoms with van der Waals surface area (Å²) in [6, 6.07) is 7.48. The second-order valence-electron chi connectivity index (χ2n) is 7.45. The van der Waals surface area contributed by atoms with E-state index in [1.807, 2.05) is 24.3 Å². The number of benzene rings is 1. The molecule has 0 radical (unpaired) electrons. The van der Waals surface area contributed by atoms with Crippen LogP contribution in [-0.2, 0) is 11.2 Å². The van der Waals surface area contributed by atoms with E-state index in [1.165, 1.54) is 0 Å². The number of hydrogen-bond acceptors (Lipinski definition) is 4. The smallest absolute Gasteiger partial charge is 0.407 e. The summed E-state index contributed by atoms with van der Waals surface area (Å²) in [7, 11) is -1.85. The van der Waals surface area contributed by atoms with Gasteiger partial charge < -0.3 is 19.6 Å². The molecule has 1 atom stereocenters. The zero-order valence-corrected chi connectivity index (χ0v) is 16.7. The highest BCUT2D eigenvalue weighted by Crippen LogP contribution is 2.37. The Labute approximate surface area is 146 Å². The van der Waals surface area contributed by atoms with Gasteiger partial charge in [-0.25, -0.2) is 4.79 Å². The predicted octanol–water partition coefficient (Wildman–Crippen LogP) is 3.72. The van der Waals surface area contributed by atoms with Crippen LogP contribution in [0.4, 0.5) is 4.79 Å². The number of aliphatic hydroxyl groups excluding tert-OH is 1. The number of rotatable bonds is 7. The first-order valence-corrected chi connectivity index (χ1v) is 11.3. The van der Waals surface area contributed by atoms with Crippen molar-refractivity contribution in [2.75, 3.05) is 13.2 Å². The van der Waals surface area contributed by atoms with Gasteiger partial charge in [0.05, 0.1) is 19.3 Å². The van der Waals surface area contributed by atoms with Crippen LogP contribution in [-0.4, -0.2) is 38.8 Å². The maximum Gasteiger partial charge on any atom is 0.407 e. The van der Waals surface area contributed by atoms with Crippen molar-refractivity contribution in [2.24, 2.45) is 0 Å². The van der Waals surface area contributed by atoms with Gasteiger partial charge in [0.1, 0.15) is 5.75 Å². The zero-order chi connectivity index (χ0) is 18.4. The Morgan fingerprint density at radius 3 is 2.29 bits per heavy atom. The van der Waals surface area contributed by atoms with E-state index in [2.05, 4.69) is 39.2 Å². The maximum atomic E-state index is 11.4. The SMILES string of the molecule is CCOC(=O)N[C@@H](CO)Cc1ccc(O[Si](C)(C)C(C)(C)C)cc1. The molecule has 0 heterocycles. The van der Waals surface area contributed by atoms with Crippen molar-refractivity contribution in [3.63, 3.8) is 0 Å². The van der Waals surface area contributed by atoms with Gasteiger partial charge in [0.2, 0.25) is 8.32 Å². The van der Waals surface area contributed by atoms with E-state index in [-0.39, 0.29) is 17.7 Å². The highest BCUT2D eigenvalue weighted by molar-refractivity contribution is 6.74. The van der Waals surface area contributed by atoms with Gasteiger partial charge in [-0.1, -0.05) is 32.9 Å². The normalized spacial score (nSPS) is 13.3. The Balaban J connectivity index is 2.68. The minimum absolute atomic E-state index is 0.138. The Hall–Kier alpha value is -1.53. The minimum atomic E-state index is -1.85. The molecule has 1 amide bonds. The van der Waals surface area contributed by atoms with E-state index in [9.17, 15) is 9.90 Å². The van der Waals surface area contributed by atoms with Gasteiger partial charge >= 0.3 is 6.09 Å². The lowest BCUT2D eigenvalue weighted by Gasteiger charge is -2.36. The molecule has 0 bridgehead atoms. The second kappa shape index (κ2) is 8.53. The van der Waals surface area contributed by atoms with Crippen LogP contribution in [0.3, 0.4) is 0 Å². The van der Waals surface area contributed by atoms with Gasteiger partial charge in [-0.15, -0.1) is 0 Å². The third kappa shape index (κ3) is 6.17. The number of ether oxygens (including phenoxy) is 1. The van der Waals surface area contributed by atoms with Crippen LogP contribution in [0.15, 0.2) is 24.3 Å². The minimum Gasteiger partial charge on any atom is -0.544 e. The molecule has 5 nitrogen and oxygen atoms in total. The Bertz CT molecular complexity index is 523. The van der Waals surface area contributed by atoms with Crippen LogP contribution in [0.25, 0.3) is 0 Å². The molecule has 0 aromatic heterocycles. The van der Waals surface area contributed by atoms with E-state index in [0.717, 1.165) is 11.3 Å². The molecule has 0 spiro atoms. The molecule has 24 heavy (non-hydrogen) atoms. The van der Waals surface area contributed by atoms with Crippen LogP contribution in [0.5, 0.6) is 5.75 Å². The number of aliphatic hydroxyl groups is 1. The number of hydrogen-bond donors (Lipinski definition) is 2. The number of amides is 1. The highest BCUT2D eigenvalue weighted by atomic mass is 28.4. The lowest BCUT2D eigenvalue weighted by atomic mass is 10.1. The van der Waals surface area contributed by atoms with E-state index in [1.54, 1.807) is 6.92 Å². The summed E-state index contributed by atoms with van der Waals surface area (Å²) >= 11 is 0. The number of carbonyl (C=O) groups excluding carboxylic acids is 1. The topological polar surface area (TPSA) is 67.8 Å². The lowest BCUT2D eigenvalue weighted by molar-refractivity contribution is 0.140. The Kier molecular flexibility index (Phi) is 7.29. The lowest BCUT2D eigenvalue weighted by Crippen LogP contribution is -2.43. The van der Waals surface area contributed by atoms with Crippen molar-refractivity contribution in [1.82, 2.24) is 5.32 Å². The van der Waals surface area contributed by atoms with Gasteiger partial charge in [0.25, 0.3) is 0 Å². The summed E-state index contributed by atoms with van der Waals surface area (Å²) in [6.45, 7) is 13.0. The first-order chi connectivity index (χ1) is 11.1. The van der Waals surface area contributed by atoms with E-state index < -0.39 is 14.4 Å². The standard InChI is InChI=1S/C18H31NO4Si/c1-7-22-17(21)19-15(13-20)12-14-8-10-16(11-9-14)23-24(5,6)18(2,3)4/h8-11,15,20H,7,12-13H2,1-6H3,(H,19,21)/t15-/m1/s1. The summed E-state index contributed by atoms with van der Waals surface area (Å²) in [5, 5.41) is 12.2. The Morgan fingerprint density at radius 2 is 1.83 bits per heavy atom. The van der Waals surface area contributed by atoms with Gasteiger partial charge in [0, 0.05) is 0 Å². The van der Waals surface area contributed by atoms with Crippen molar-refractivity contribution in [3.8, 4) is 5.75 Å². The fourth-order valence-corrected chi connectivity index (χ4v) is 2.96. The van der Waals surface area contributed by atoms with Crippen LogP contribution in [0.1, 0.15) is 33.3 Å². The predicted molar refractivity (Wildman–Crippen MR) is 99.0 cm³/mol. The van der Waals surface area contributed by atoms with Crippen molar-refractivity contribution in [1.29, 1.82) is 0 Å². The maximum absolute atomic E-state index is 11.4. The van der Waals surface area contributed by atoms with Crippen molar-refractivity contribution in [3.05, 3.63) is 29.8 Å². The van der Waals surface area contributed by atoms with Crippen LogP contribution >= 0.6 is 0 Å². The fraction of sp³-hybridized carbons (Fsp3) is 0.611. The molecule has 0 saturated carbocycles. The van der Waals surface area contributed by atoms with E-state index >= 15 is 0 Å². The molecule has 0 fully saturated rings. The molecule has 136 valence electrons. The first-order valence-electron chi connectivity index (χ1n) is 8.41. The summed E-state index contributed by atoms with van der Waals surface area (Å²) in [4.78, 5) is 11.4. The second-order valence-corrected chi connectivity index (χ2v) is 12.2. The van der Waals surface area contributed by atoms with Crippen LogP contribution in [0, 0.1) is 0 Å². The molecule has 2 N–H and O–H groups in total. The van der Waals surface area contributed by atoms with Gasteiger partial charge in [-0.05, 0) is 49.2 Å². The highest BCUT2D eigenvalue weighted by Gasteiger charge is 2.38. The molecular weight excluding hydrogens is 322 g/mol. The third-order valence-electron chi connectivity index (χ3n) is 4.40. The molecule has 6 heteroatoms. The monoisotopic (exact) mass is 353 g/mol. The quantitative estimate of drug-likeness (QED) is 0.733. The average Bonchev–Trinajstić information content (AvgIpc) is 2.47. The molecule has 1 aromatic carbocycles. The van der Waals surface area contributed by atoms with Gasteiger partial charge in [0.15, 0.2) is 0 Å². The number of alkyl carbamates (subject to hydrolysis) is 1. The molecule has 0 aliphatic rings. The molecule has 1 rings (SSSR count). The largest absolute Gasteiger partial charge is 0.544 e. The molecular formula is C18H31NO4Si. The number of carbonyl (C=O) groups is 1. The van der Waals surface area contributed by atoms with Crippen LogP contribution < -0.4 is 9.74 Å². The van der Waals surface area contributed by atoms with Crippen molar-refractivity contribution >= 4 is 14.4 Å². The van der Waals surface area contributed by atoms with Crippen molar-refractivity contribution < 1.29 is 19.1 Å². The summed E-state index contributed by atoms with van der Waals surface area (Å²) in [6.07, 6.45) is 0.0322.